The molecule has 1 saturated carbocycles. The number of rotatable bonds is 8. The lowest BCUT2D eigenvalue weighted by atomic mass is 10.0. The molecule has 4 heterocycles. The van der Waals surface area contributed by atoms with E-state index in [0.29, 0.717) is 12.0 Å². The van der Waals surface area contributed by atoms with Gasteiger partial charge in [0.25, 0.3) is 0 Å². The van der Waals surface area contributed by atoms with Crippen molar-refractivity contribution in [2.45, 2.75) is 71.5 Å². The summed E-state index contributed by atoms with van der Waals surface area (Å²) in [6, 6.07) is 13.2. The molecule has 0 aliphatic heterocycles. The Labute approximate surface area is 206 Å². The molecule has 35 heavy (non-hydrogen) atoms. The molecule has 8 heteroatoms. The van der Waals surface area contributed by atoms with E-state index < -0.39 is 0 Å². The summed E-state index contributed by atoms with van der Waals surface area (Å²) in [6.45, 7) is 8.47. The number of aromatic nitrogens is 5. The van der Waals surface area contributed by atoms with Gasteiger partial charge < -0.3 is 16.0 Å². The molecular formula is C27H34N8. The highest BCUT2D eigenvalue weighted by Crippen LogP contribution is 2.36. The third-order valence-corrected chi connectivity index (χ3v) is 6.16. The molecule has 182 valence electrons. The van der Waals surface area contributed by atoms with Crippen LogP contribution in [-0.2, 0) is 0 Å². The third-order valence-electron chi connectivity index (χ3n) is 6.16. The predicted octanol–water partition coefficient (Wildman–Crippen LogP) is 5.85. The number of pyridine rings is 2. The Kier molecular flexibility index (Phi) is 6.53. The Morgan fingerprint density at radius 2 is 1.69 bits per heavy atom. The molecule has 0 aromatic carbocycles. The molecule has 0 radical (unpaired) electrons. The van der Waals surface area contributed by atoms with Crippen LogP contribution in [-0.4, -0.2) is 42.7 Å². The number of nitrogens with one attached hydrogen (secondary N) is 3. The van der Waals surface area contributed by atoms with Gasteiger partial charge in [0.1, 0.15) is 17.3 Å². The molecule has 5 rings (SSSR count). The first-order valence-corrected chi connectivity index (χ1v) is 12.6. The van der Waals surface area contributed by atoms with E-state index >= 15 is 0 Å². The third kappa shape index (κ3) is 5.06. The second kappa shape index (κ2) is 9.90. The lowest BCUT2D eigenvalue weighted by Crippen LogP contribution is -2.16. The molecule has 0 unspecified atom stereocenters. The van der Waals surface area contributed by atoms with Gasteiger partial charge in [0, 0.05) is 36.1 Å². The van der Waals surface area contributed by atoms with Crippen molar-refractivity contribution in [2.24, 2.45) is 0 Å². The average Bonchev–Trinajstić information content (AvgIpc) is 3.47. The molecule has 1 aliphatic carbocycles. The van der Waals surface area contributed by atoms with Crippen molar-refractivity contribution in [3.63, 3.8) is 0 Å². The maximum atomic E-state index is 5.08. The van der Waals surface area contributed by atoms with Crippen molar-refractivity contribution in [2.75, 3.05) is 16.0 Å². The fraction of sp³-hybridized carbons (Fsp3) is 0.407. The highest BCUT2D eigenvalue weighted by Gasteiger charge is 2.21. The first kappa shape index (κ1) is 23.1. The van der Waals surface area contributed by atoms with Crippen LogP contribution in [0.5, 0.6) is 0 Å². The maximum Gasteiger partial charge on any atom is 0.223 e. The number of nitrogens with zero attached hydrogens (tertiary/aromatic N) is 5. The van der Waals surface area contributed by atoms with Crippen molar-refractivity contribution in [3.05, 3.63) is 48.8 Å². The zero-order valence-corrected chi connectivity index (χ0v) is 20.9. The van der Waals surface area contributed by atoms with Crippen molar-refractivity contribution >= 4 is 23.1 Å². The lowest BCUT2D eigenvalue weighted by molar-refractivity contribution is 0.744. The van der Waals surface area contributed by atoms with Gasteiger partial charge in [-0.2, -0.15) is 5.10 Å². The van der Waals surface area contributed by atoms with Crippen LogP contribution in [0.1, 0.15) is 53.4 Å². The topological polar surface area (TPSA) is 92.1 Å². The molecule has 0 bridgehead atoms. The summed E-state index contributed by atoms with van der Waals surface area (Å²) in [6.07, 6.45) is 8.52. The second-order valence-corrected chi connectivity index (χ2v) is 9.85. The van der Waals surface area contributed by atoms with Crippen molar-refractivity contribution in [1.29, 1.82) is 0 Å². The van der Waals surface area contributed by atoms with E-state index in [1.807, 2.05) is 29.0 Å². The van der Waals surface area contributed by atoms with E-state index in [-0.39, 0.29) is 12.1 Å². The predicted molar refractivity (Wildman–Crippen MR) is 143 cm³/mol. The number of hydrogen-bond acceptors (Lipinski definition) is 7. The fourth-order valence-electron chi connectivity index (χ4n) is 4.70. The summed E-state index contributed by atoms with van der Waals surface area (Å²) in [4.78, 5) is 14.0. The number of anilines is 3. The smallest absolute Gasteiger partial charge is 0.223 e. The summed E-state index contributed by atoms with van der Waals surface area (Å²) in [5.74, 6) is 2.44. The SMILES string of the molecule is CC(C)Nc1cc(-c2nn3c(NC(C)C)cccc3c2-c2ccnc(NC3CCCC3)n2)ccn1. The lowest BCUT2D eigenvalue weighted by Gasteiger charge is -2.13. The molecule has 0 saturated heterocycles. The summed E-state index contributed by atoms with van der Waals surface area (Å²) < 4.78 is 1.98. The summed E-state index contributed by atoms with van der Waals surface area (Å²) in [7, 11) is 0. The Morgan fingerprint density at radius 3 is 2.46 bits per heavy atom. The maximum absolute atomic E-state index is 5.08. The monoisotopic (exact) mass is 470 g/mol. The molecule has 0 spiro atoms. The van der Waals surface area contributed by atoms with Gasteiger partial charge in [-0.15, -0.1) is 0 Å². The van der Waals surface area contributed by atoms with Gasteiger partial charge in [-0.05, 0) is 70.9 Å². The van der Waals surface area contributed by atoms with Gasteiger partial charge in [0.2, 0.25) is 5.95 Å². The number of fused-ring (bicyclic) bond motifs is 1. The van der Waals surface area contributed by atoms with E-state index in [2.05, 4.69) is 77.9 Å². The van der Waals surface area contributed by atoms with Crippen LogP contribution in [0.25, 0.3) is 28.0 Å². The molecule has 1 fully saturated rings. The Bertz CT molecular complexity index is 1300. The quantitative estimate of drug-likeness (QED) is 0.297. The minimum Gasteiger partial charge on any atom is -0.368 e. The molecule has 0 amide bonds. The zero-order valence-electron chi connectivity index (χ0n) is 20.9. The summed E-state index contributed by atoms with van der Waals surface area (Å²) in [5.41, 5.74) is 4.67. The molecule has 3 N–H and O–H groups in total. The Hall–Kier alpha value is -3.68. The van der Waals surface area contributed by atoms with Gasteiger partial charge in [-0.1, -0.05) is 18.9 Å². The van der Waals surface area contributed by atoms with Crippen LogP contribution in [0, 0.1) is 0 Å². The summed E-state index contributed by atoms with van der Waals surface area (Å²) in [5, 5.41) is 15.5. The zero-order chi connectivity index (χ0) is 24.4. The first-order valence-electron chi connectivity index (χ1n) is 12.6. The summed E-state index contributed by atoms with van der Waals surface area (Å²) >= 11 is 0. The van der Waals surface area contributed by atoms with Crippen molar-refractivity contribution < 1.29 is 0 Å². The minimum atomic E-state index is 0.278. The van der Waals surface area contributed by atoms with Gasteiger partial charge in [0.05, 0.1) is 16.8 Å². The Balaban J connectivity index is 1.66. The largest absolute Gasteiger partial charge is 0.368 e. The average molecular weight is 471 g/mol. The Morgan fingerprint density at radius 1 is 0.914 bits per heavy atom. The van der Waals surface area contributed by atoms with Gasteiger partial charge in [-0.25, -0.2) is 19.5 Å². The number of hydrogen-bond donors (Lipinski definition) is 3. The van der Waals surface area contributed by atoms with Crippen LogP contribution in [0.4, 0.5) is 17.6 Å². The highest BCUT2D eigenvalue weighted by atomic mass is 15.3. The van der Waals surface area contributed by atoms with Crippen LogP contribution in [0.2, 0.25) is 0 Å². The van der Waals surface area contributed by atoms with E-state index in [0.717, 1.165) is 39.7 Å². The normalized spacial score (nSPS) is 14.2. The van der Waals surface area contributed by atoms with E-state index in [1.54, 1.807) is 0 Å². The highest BCUT2D eigenvalue weighted by molar-refractivity contribution is 5.92. The van der Waals surface area contributed by atoms with Crippen LogP contribution in [0.3, 0.4) is 0 Å². The molecule has 4 aromatic rings. The van der Waals surface area contributed by atoms with Gasteiger partial charge in [0.15, 0.2) is 0 Å². The van der Waals surface area contributed by atoms with Crippen molar-refractivity contribution in [1.82, 2.24) is 24.6 Å². The molecular weight excluding hydrogens is 436 g/mol. The van der Waals surface area contributed by atoms with Crippen LogP contribution < -0.4 is 16.0 Å². The van der Waals surface area contributed by atoms with Crippen LogP contribution >= 0.6 is 0 Å². The van der Waals surface area contributed by atoms with Crippen molar-refractivity contribution in [3.8, 4) is 22.5 Å². The van der Waals surface area contributed by atoms with E-state index in [4.69, 9.17) is 10.1 Å². The van der Waals surface area contributed by atoms with E-state index in [1.165, 1.54) is 25.7 Å². The van der Waals surface area contributed by atoms with Crippen LogP contribution in [0.15, 0.2) is 48.8 Å². The fourth-order valence-corrected chi connectivity index (χ4v) is 4.70. The second-order valence-electron chi connectivity index (χ2n) is 9.85. The minimum absolute atomic E-state index is 0.278. The standard InChI is InChI=1S/C27H34N8/c1-17(2)30-23-16-19(12-14-28-23)26-25(22-10-7-11-24(31-18(3)4)35(22)34-26)21-13-15-29-27(33-21)32-20-8-5-6-9-20/h7,10-18,20,31H,5-6,8-9H2,1-4H3,(H,28,30)(H,29,32,33). The van der Waals surface area contributed by atoms with E-state index in [9.17, 15) is 0 Å². The first-order chi connectivity index (χ1) is 17.0. The molecule has 4 aromatic heterocycles. The van der Waals surface area contributed by atoms with Gasteiger partial charge >= 0.3 is 0 Å². The molecule has 1 aliphatic rings. The van der Waals surface area contributed by atoms with Gasteiger partial charge in [-0.3, -0.25) is 0 Å². The molecule has 8 nitrogen and oxygen atoms in total. The molecule has 0 atom stereocenters.